The van der Waals surface area contributed by atoms with Gasteiger partial charge in [-0.25, -0.2) is 0 Å². The third-order valence-electron chi connectivity index (χ3n) is 3.58. The van der Waals surface area contributed by atoms with E-state index in [1.165, 1.54) is 21.1 Å². The fourth-order valence-corrected chi connectivity index (χ4v) is 4.04. The predicted octanol–water partition coefficient (Wildman–Crippen LogP) is -0.0717. The quantitative estimate of drug-likeness (QED) is 0.409. The van der Waals surface area contributed by atoms with Gasteiger partial charge in [0, 0.05) is 12.0 Å². The first-order valence-corrected chi connectivity index (χ1v) is 9.27. The number of methoxy groups -OCH3 is 2. The standard InChI is InChI=1S/C14H25N2O8P/c1-9(13(19)22-5)16-25(20)23-8-14(2,3)11(24-25)12(18)15-7-6-10(17)21-4/h9,11,16,20H,6-8H2,1-5H3/p+1/t9-,11-,25?/m0/s1. The molecule has 1 fully saturated rings. The summed E-state index contributed by atoms with van der Waals surface area (Å²) in [6.45, 7) is 5.07. The molecule has 1 amide bonds. The van der Waals surface area contributed by atoms with Crippen molar-refractivity contribution in [1.82, 2.24) is 10.4 Å². The monoisotopic (exact) mass is 381 g/mol. The van der Waals surface area contributed by atoms with Crippen LogP contribution in [0.2, 0.25) is 0 Å². The fraction of sp³-hybridized carbons (Fsp3) is 0.786. The van der Waals surface area contributed by atoms with Gasteiger partial charge in [0.25, 0.3) is 5.91 Å². The summed E-state index contributed by atoms with van der Waals surface area (Å²) >= 11 is 0. The first-order chi connectivity index (χ1) is 11.5. The summed E-state index contributed by atoms with van der Waals surface area (Å²) in [6, 6.07) is -0.882. The average molecular weight is 381 g/mol. The summed E-state index contributed by atoms with van der Waals surface area (Å²) in [5.41, 5.74) is -0.724. The van der Waals surface area contributed by atoms with E-state index >= 15 is 0 Å². The van der Waals surface area contributed by atoms with Crippen molar-refractivity contribution in [1.29, 1.82) is 0 Å². The first-order valence-electron chi connectivity index (χ1n) is 7.69. The lowest BCUT2D eigenvalue weighted by Gasteiger charge is -2.37. The molecule has 1 aliphatic rings. The maximum Gasteiger partial charge on any atom is 0.500 e. The molecule has 0 aromatic rings. The van der Waals surface area contributed by atoms with Crippen LogP contribution in [0.1, 0.15) is 27.2 Å². The van der Waals surface area contributed by atoms with Crippen molar-refractivity contribution in [3.05, 3.63) is 0 Å². The Balaban J connectivity index is 2.73. The van der Waals surface area contributed by atoms with Gasteiger partial charge in [0.15, 0.2) is 6.10 Å². The van der Waals surface area contributed by atoms with Crippen molar-refractivity contribution in [2.24, 2.45) is 5.41 Å². The Kier molecular flexibility index (Phi) is 7.70. The van der Waals surface area contributed by atoms with Gasteiger partial charge in [-0.15, -0.1) is 9.61 Å². The van der Waals surface area contributed by atoms with E-state index in [2.05, 4.69) is 19.9 Å². The molecule has 1 heterocycles. The number of hydrogen-bond acceptors (Lipinski definition) is 9. The van der Waals surface area contributed by atoms with Gasteiger partial charge in [-0.05, 0) is 6.92 Å². The molecule has 0 aromatic heterocycles. The van der Waals surface area contributed by atoms with Crippen LogP contribution in [0.15, 0.2) is 0 Å². The summed E-state index contributed by atoms with van der Waals surface area (Å²) < 4.78 is 19.9. The fourth-order valence-electron chi connectivity index (χ4n) is 2.07. The molecule has 0 aromatic carbocycles. The Labute approximate surface area is 147 Å². The van der Waals surface area contributed by atoms with Crippen molar-refractivity contribution in [3.8, 4) is 0 Å². The Morgan fingerprint density at radius 2 is 1.96 bits per heavy atom. The molecule has 0 spiro atoms. The lowest BCUT2D eigenvalue weighted by Crippen LogP contribution is -2.52. The van der Waals surface area contributed by atoms with Crippen molar-refractivity contribution < 1.29 is 37.8 Å². The number of hydrogen-bond donors (Lipinski definition) is 3. The van der Waals surface area contributed by atoms with Crippen LogP contribution in [0.3, 0.4) is 0 Å². The zero-order chi connectivity index (χ0) is 19.3. The van der Waals surface area contributed by atoms with Gasteiger partial charge in [-0.3, -0.25) is 14.4 Å². The maximum absolute atomic E-state index is 12.4. The number of amides is 1. The van der Waals surface area contributed by atoms with Crippen molar-refractivity contribution >= 4 is 25.9 Å². The minimum absolute atomic E-state index is 0.0168. The van der Waals surface area contributed by atoms with E-state index in [0.29, 0.717) is 0 Å². The third kappa shape index (κ3) is 6.16. The van der Waals surface area contributed by atoms with Gasteiger partial charge in [-0.1, -0.05) is 13.8 Å². The van der Waals surface area contributed by atoms with E-state index < -0.39 is 43.5 Å². The normalized spacial score (nSPS) is 26.4. The van der Waals surface area contributed by atoms with E-state index in [-0.39, 0.29) is 19.6 Å². The molecule has 10 nitrogen and oxygen atoms in total. The zero-order valence-electron chi connectivity index (χ0n) is 15.0. The number of nitrogens with one attached hydrogen (secondary N) is 2. The minimum atomic E-state index is -3.64. The highest BCUT2D eigenvalue weighted by molar-refractivity contribution is 7.58. The van der Waals surface area contributed by atoms with E-state index in [1.807, 2.05) is 0 Å². The molecular weight excluding hydrogens is 355 g/mol. The topological polar surface area (TPSA) is 132 Å². The second kappa shape index (κ2) is 8.86. The van der Waals surface area contributed by atoms with Crippen LogP contribution in [0.5, 0.6) is 0 Å². The second-order valence-corrected chi connectivity index (χ2v) is 8.03. The van der Waals surface area contributed by atoms with Gasteiger partial charge < -0.3 is 14.8 Å². The molecule has 3 atom stereocenters. The highest BCUT2D eigenvalue weighted by Crippen LogP contribution is 2.60. The van der Waals surface area contributed by atoms with E-state index in [0.717, 1.165) is 0 Å². The Bertz CT molecular complexity index is 515. The molecule has 1 unspecified atom stereocenters. The first kappa shape index (κ1) is 21.7. The smallest absolute Gasteiger partial charge is 0.469 e. The van der Waals surface area contributed by atoms with Crippen LogP contribution in [0.25, 0.3) is 0 Å². The largest absolute Gasteiger partial charge is 0.500 e. The molecule has 144 valence electrons. The summed E-state index contributed by atoms with van der Waals surface area (Å²) in [4.78, 5) is 45.5. The highest BCUT2D eigenvalue weighted by Gasteiger charge is 2.58. The SMILES string of the molecule is COC(=O)CCNC(=O)[C@@H]1O[P+](O)(N[C@@H](C)C(=O)OC)OCC1(C)C. The van der Waals surface area contributed by atoms with Crippen LogP contribution >= 0.6 is 8.09 Å². The van der Waals surface area contributed by atoms with Gasteiger partial charge in [-0.2, -0.15) is 9.42 Å². The third-order valence-corrected chi connectivity index (χ3v) is 5.26. The predicted molar refractivity (Wildman–Crippen MR) is 88.0 cm³/mol. The van der Waals surface area contributed by atoms with Crippen LogP contribution in [0.4, 0.5) is 0 Å². The van der Waals surface area contributed by atoms with Gasteiger partial charge in [0.2, 0.25) is 0 Å². The number of carbonyl (C=O) groups excluding carboxylic acids is 3. The molecule has 1 saturated heterocycles. The summed E-state index contributed by atoms with van der Waals surface area (Å²) in [7, 11) is -1.16. The van der Waals surface area contributed by atoms with E-state index in [1.54, 1.807) is 13.8 Å². The number of carbonyl (C=O) groups is 3. The van der Waals surface area contributed by atoms with Crippen LogP contribution in [0, 0.1) is 5.41 Å². The zero-order valence-corrected chi connectivity index (χ0v) is 15.9. The van der Waals surface area contributed by atoms with Crippen LogP contribution < -0.4 is 10.4 Å². The Morgan fingerprint density at radius 1 is 1.32 bits per heavy atom. The van der Waals surface area contributed by atoms with Crippen LogP contribution in [-0.2, 0) is 32.9 Å². The lowest BCUT2D eigenvalue weighted by atomic mass is 9.87. The van der Waals surface area contributed by atoms with E-state index in [9.17, 15) is 19.3 Å². The van der Waals surface area contributed by atoms with Crippen molar-refractivity contribution in [2.75, 3.05) is 27.4 Å². The molecule has 25 heavy (non-hydrogen) atoms. The molecular formula is C14H26N2O8P+. The van der Waals surface area contributed by atoms with Crippen molar-refractivity contribution in [2.45, 2.75) is 39.3 Å². The number of esters is 2. The number of ether oxygens (including phenoxy) is 2. The Hall–Kier alpha value is -1.32. The molecule has 11 heteroatoms. The average Bonchev–Trinajstić information content (AvgIpc) is 2.56. The summed E-state index contributed by atoms with van der Waals surface area (Å²) in [5.74, 6) is -1.56. The second-order valence-electron chi connectivity index (χ2n) is 6.26. The van der Waals surface area contributed by atoms with E-state index in [4.69, 9.17) is 9.05 Å². The van der Waals surface area contributed by atoms with Gasteiger partial charge in [0.05, 0.1) is 20.6 Å². The summed E-state index contributed by atoms with van der Waals surface area (Å²) in [5, 5.41) is 5.11. The van der Waals surface area contributed by atoms with Gasteiger partial charge in [0.1, 0.15) is 12.6 Å². The number of rotatable bonds is 7. The molecule has 0 radical (unpaired) electrons. The minimum Gasteiger partial charge on any atom is -0.469 e. The molecule has 3 N–H and O–H groups in total. The Morgan fingerprint density at radius 3 is 2.52 bits per heavy atom. The molecule has 0 bridgehead atoms. The molecule has 1 aliphatic heterocycles. The van der Waals surface area contributed by atoms with Gasteiger partial charge >= 0.3 is 20.0 Å². The molecule has 1 rings (SSSR count). The van der Waals surface area contributed by atoms with Crippen molar-refractivity contribution in [3.63, 3.8) is 0 Å². The molecule has 0 aliphatic carbocycles. The lowest BCUT2D eigenvalue weighted by molar-refractivity contribution is -0.143. The van der Waals surface area contributed by atoms with Crippen LogP contribution in [-0.4, -0.2) is 62.3 Å². The highest BCUT2D eigenvalue weighted by atomic mass is 31.2. The maximum atomic E-state index is 12.4. The molecule has 0 saturated carbocycles. The summed E-state index contributed by atoms with van der Waals surface area (Å²) in [6.07, 6.45) is -1.02.